The van der Waals surface area contributed by atoms with Crippen molar-refractivity contribution in [2.75, 3.05) is 19.6 Å². The minimum atomic E-state index is -0.0962. The first kappa shape index (κ1) is 23.4. The second-order valence-electron chi connectivity index (χ2n) is 7.19. The predicted molar refractivity (Wildman–Crippen MR) is 127 cm³/mol. The number of halogens is 1. The van der Waals surface area contributed by atoms with E-state index >= 15 is 0 Å². The molecule has 1 amide bonds. The number of carbonyl (C=O) groups excluding carboxylic acids is 1. The quantitative estimate of drug-likeness (QED) is 0.393. The molecule has 1 aromatic heterocycles. The van der Waals surface area contributed by atoms with Crippen molar-refractivity contribution < 1.29 is 9.32 Å². The molecule has 0 saturated heterocycles. The third-order valence-electron chi connectivity index (χ3n) is 5.15. The van der Waals surface area contributed by atoms with Gasteiger partial charge in [-0.2, -0.15) is 0 Å². The van der Waals surface area contributed by atoms with Crippen LogP contribution in [0.1, 0.15) is 47.3 Å². The smallest absolute Gasteiger partial charge is 0.252 e. The number of carbonyl (C=O) groups is 1. The number of nitrogens with one attached hydrogen (secondary N) is 1. The van der Waals surface area contributed by atoms with Gasteiger partial charge in [0.15, 0.2) is 0 Å². The van der Waals surface area contributed by atoms with Crippen LogP contribution in [0, 0.1) is 6.92 Å². The van der Waals surface area contributed by atoms with Gasteiger partial charge in [-0.05, 0) is 43.8 Å². The Balaban J connectivity index is 1.73. The summed E-state index contributed by atoms with van der Waals surface area (Å²) in [6.07, 6.45) is 0. The summed E-state index contributed by atoms with van der Waals surface area (Å²) in [5.41, 5.74) is 2.53. The molecule has 3 rings (SSSR count). The topological polar surface area (TPSA) is 58.4 Å². The van der Waals surface area contributed by atoms with Gasteiger partial charge in [0.1, 0.15) is 5.76 Å². The molecule has 1 atom stereocenters. The van der Waals surface area contributed by atoms with Gasteiger partial charge in [0.2, 0.25) is 0 Å². The van der Waals surface area contributed by atoms with Crippen molar-refractivity contribution in [2.45, 2.75) is 37.5 Å². The maximum atomic E-state index is 13.1. The number of thioether (sulfide) groups is 1. The highest BCUT2D eigenvalue weighted by Gasteiger charge is 2.22. The SMILES string of the molecule is CCN(CC)C(CNC(=O)c1ccccc1SCc1cc(C)no1)c1ccccc1Cl. The number of amides is 1. The van der Waals surface area contributed by atoms with E-state index in [2.05, 4.69) is 29.2 Å². The third kappa shape index (κ3) is 6.12. The van der Waals surface area contributed by atoms with E-state index in [0.29, 0.717) is 22.9 Å². The standard InChI is InChI=1S/C24H28ClN3O2S/c1-4-28(5-2)22(19-10-6-8-12-21(19)25)15-26-24(29)20-11-7-9-13-23(20)31-16-18-14-17(3)27-30-18/h6-14,22H,4-5,15-16H2,1-3H3,(H,26,29). The number of hydrogen-bond acceptors (Lipinski definition) is 5. The molecule has 0 saturated carbocycles. The Morgan fingerprint density at radius 2 is 1.87 bits per heavy atom. The number of likely N-dealkylation sites (N-methyl/N-ethyl adjacent to an activating group) is 1. The monoisotopic (exact) mass is 457 g/mol. The van der Waals surface area contributed by atoms with Crippen LogP contribution < -0.4 is 5.32 Å². The average Bonchev–Trinajstić information content (AvgIpc) is 3.21. The van der Waals surface area contributed by atoms with E-state index in [9.17, 15) is 4.79 Å². The van der Waals surface area contributed by atoms with E-state index in [-0.39, 0.29) is 11.9 Å². The second-order valence-corrected chi connectivity index (χ2v) is 8.61. The minimum Gasteiger partial charge on any atom is -0.360 e. The number of hydrogen-bond donors (Lipinski definition) is 1. The molecule has 0 fully saturated rings. The molecule has 0 radical (unpaired) electrons. The zero-order valence-electron chi connectivity index (χ0n) is 18.1. The Bertz CT molecular complexity index is 1000. The zero-order valence-corrected chi connectivity index (χ0v) is 19.7. The lowest BCUT2D eigenvalue weighted by Gasteiger charge is -2.31. The molecular weight excluding hydrogens is 430 g/mol. The lowest BCUT2D eigenvalue weighted by molar-refractivity contribution is 0.0932. The van der Waals surface area contributed by atoms with Gasteiger partial charge in [0.25, 0.3) is 5.91 Å². The summed E-state index contributed by atoms with van der Waals surface area (Å²) in [5.74, 6) is 1.31. The molecule has 0 bridgehead atoms. The summed E-state index contributed by atoms with van der Waals surface area (Å²) >= 11 is 8.04. The highest BCUT2D eigenvalue weighted by atomic mass is 35.5. The Labute approximate surface area is 193 Å². The van der Waals surface area contributed by atoms with E-state index in [4.69, 9.17) is 16.1 Å². The van der Waals surface area contributed by atoms with Crippen LogP contribution in [0.15, 0.2) is 64.0 Å². The molecule has 2 aromatic carbocycles. The van der Waals surface area contributed by atoms with Crippen molar-refractivity contribution in [2.24, 2.45) is 0 Å². The van der Waals surface area contributed by atoms with Crippen LogP contribution in [0.4, 0.5) is 0 Å². The van der Waals surface area contributed by atoms with Crippen molar-refractivity contribution in [3.8, 4) is 0 Å². The minimum absolute atomic E-state index is 0.00429. The Morgan fingerprint density at radius 3 is 2.55 bits per heavy atom. The van der Waals surface area contributed by atoms with E-state index in [1.807, 2.05) is 61.5 Å². The third-order valence-corrected chi connectivity index (χ3v) is 6.59. The van der Waals surface area contributed by atoms with Crippen LogP contribution in [-0.4, -0.2) is 35.6 Å². The lowest BCUT2D eigenvalue weighted by atomic mass is 10.0. The average molecular weight is 458 g/mol. The summed E-state index contributed by atoms with van der Waals surface area (Å²) in [6, 6.07) is 17.4. The lowest BCUT2D eigenvalue weighted by Crippen LogP contribution is -2.38. The summed E-state index contributed by atoms with van der Waals surface area (Å²) in [4.78, 5) is 16.3. The normalized spacial score (nSPS) is 12.2. The highest BCUT2D eigenvalue weighted by molar-refractivity contribution is 7.98. The number of rotatable bonds is 10. The molecule has 7 heteroatoms. The summed E-state index contributed by atoms with van der Waals surface area (Å²) < 4.78 is 5.29. The van der Waals surface area contributed by atoms with Crippen LogP contribution in [0.5, 0.6) is 0 Å². The molecule has 31 heavy (non-hydrogen) atoms. The molecule has 0 aliphatic carbocycles. The van der Waals surface area contributed by atoms with E-state index in [0.717, 1.165) is 35.0 Å². The fourth-order valence-corrected chi connectivity index (χ4v) is 4.73. The van der Waals surface area contributed by atoms with Crippen molar-refractivity contribution in [3.05, 3.63) is 82.2 Å². The van der Waals surface area contributed by atoms with Gasteiger partial charge in [-0.3, -0.25) is 9.69 Å². The van der Waals surface area contributed by atoms with Crippen molar-refractivity contribution >= 4 is 29.3 Å². The molecule has 5 nitrogen and oxygen atoms in total. The Kier molecular flexibility index (Phi) is 8.58. The first-order chi connectivity index (χ1) is 15.0. The molecule has 0 spiro atoms. The number of aromatic nitrogens is 1. The van der Waals surface area contributed by atoms with Gasteiger partial charge < -0.3 is 9.84 Å². The van der Waals surface area contributed by atoms with Gasteiger partial charge in [0.05, 0.1) is 23.1 Å². The van der Waals surface area contributed by atoms with Crippen molar-refractivity contribution in [1.29, 1.82) is 0 Å². The Morgan fingerprint density at radius 1 is 1.16 bits per heavy atom. The van der Waals surface area contributed by atoms with Gasteiger partial charge in [-0.15, -0.1) is 11.8 Å². The largest absolute Gasteiger partial charge is 0.360 e. The van der Waals surface area contributed by atoms with Gasteiger partial charge in [-0.25, -0.2) is 0 Å². The highest BCUT2D eigenvalue weighted by Crippen LogP contribution is 2.29. The van der Waals surface area contributed by atoms with Crippen LogP contribution in [0.3, 0.4) is 0 Å². The summed E-state index contributed by atoms with van der Waals surface area (Å²) in [7, 11) is 0. The predicted octanol–water partition coefficient (Wildman–Crippen LogP) is 5.74. The van der Waals surface area contributed by atoms with E-state index in [1.54, 1.807) is 11.8 Å². The van der Waals surface area contributed by atoms with Crippen LogP contribution in [0.2, 0.25) is 5.02 Å². The van der Waals surface area contributed by atoms with Gasteiger partial charge in [-0.1, -0.05) is 60.9 Å². The number of benzene rings is 2. The Hall–Kier alpha value is -2.28. The molecular formula is C24H28ClN3O2S. The first-order valence-corrected chi connectivity index (χ1v) is 11.8. The van der Waals surface area contributed by atoms with Crippen LogP contribution in [0.25, 0.3) is 0 Å². The van der Waals surface area contributed by atoms with Crippen LogP contribution >= 0.6 is 23.4 Å². The number of aryl methyl sites for hydroxylation is 1. The fourth-order valence-electron chi connectivity index (χ4n) is 3.54. The second kappa shape index (κ2) is 11.4. The molecule has 0 aliphatic heterocycles. The number of nitrogens with zero attached hydrogens (tertiary/aromatic N) is 2. The maximum Gasteiger partial charge on any atom is 0.252 e. The molecule has 1 heterocycles. The first-order valence-electron chi connectivity index (χ1n) is 10.4. The van der Waals surface area contributed by atoms with Gasteiger partial charge in [0, 0.05) is 22.5 Å². The van der Waals surface area contributed by atoms with E-state index < -0.39 is 0 Å². The molecule has 1 N–H and O–H groups in total. The maximum absolute atomic E-state index is 13.1. The van der Waals surface area contributed by atoms with Gasteiger partial charge >= 0.3 is 0 Å². The molecule has 164 valence electrons. The van der Waals surface area contributed by atoms with Crippen LogP contribution in [-0.2, 0) is 5.75 Å². The summed E-state index contributed by atoms with van der Waals surface area (Å²) in [5, 5.41) is 7.76. The summed E-state index contributed by atoms with van der Waals surface area (Å²) in [6.45, 7) is 8.34. The molecule has 0 aliphatic rings. The zero-order chi connectivity index (χ0) is 22.2. The van der Waals surface area contributed by atoms with Crippen molar-refractivity contribution in [1.82, 2.24) is 15.4 Å². The molecule has 1 unspecified atom stereocenters. The van der Waals surface area contributed by atoms with E-state index in [1.165, 1.54) is 0 Å². The fraction of sp³-hybridized carbons (Fsp3) is 0.333. The molecule has 3 aromatic rings. The van der Waals surface area contributed by atoms with Crippen molar-refractivity contribution in [3.63, 3.8) is 0 Å².